The van der Waals surface area contributed by atoms with Crippen molar-refractivity contribution in [2.75, 3.05) is 20.3 Å². The number of rotatable bonds is 12. The lowest BCUT2D eigenvalue weighted by Gasteiger charge is -2.30. The van der Waals surface area contributed by atoms with Gasteiger partial charge in [-0.3, -0.25) is 19.7 Å². The third kappa shape index (κ3) is 7.62. The Balaban J connectivity index is 2.22. The van der Waals surface area contributed by atoms with Crippen LogP contribution in [0.3, 0.4) is 0 Å². The highest BCUT2D eigenvalue weighted by atomic mass is 35.5. The highest BCUT2D eigenvalue weighted by Crippen LogP contribution is 2.30. The number of nitrogens with zero attached hydrogens (tertiary/aromatic N) is 2. The van der Waals surface area contributed by atoms with E-state index in [1.165, 1.54) is 30.2 Å². The van der Waals surface area contributed by atoms with E-state index in [0.717, 1.165) is 5.56 Å². The van der Waals surface area contributed by atoms with Crippen molar-refractivity contribution in [2.45, 2.75) is 39.8 Å². The summed E-state index contributed by atoms with van der Waals surface area (Å²) in [6, 6.07) is 10.3. The van der Waals surface area contributed by atoms with Crippen molar-refractivity contribution in [1.29, 1.82) is 0 Å². The molecule has 2 rings (SSSR count). The number of ether oxygens (including phenoxy) is 2. The Hall–Kier alpha value is -3.33. The van der Waals surface area contributed by atoms with Crippen LogP contribution in [0.2, 0.25) is 5.02 Å². The van der Waals surface area contributed by atoms with Crippen LogP contribution in [0.1, 0.15) is 32.8 Å². The van der Waals surface area contributed by atoms with Gasteiger partial charge in [0.25, 0.3) is 5.91 Å². The van der Waals surface area contributed by atoms with Crippen molar-refractivity contribution in [2.24, 2.45) is 5.92 Å². The Labute approximate surface area is 204 Å². The van der Waals surface area contributed by atoms with Crippen LogP contribution < -0.4 is 14.8 Å². The second-order valence-electron chi connectivity index (χ2n) is 8.09. The molecule has 0 aliphatic carbocycles. The first-order chi connectivity index (χ1) is 16.2. The number of hydrogen-bond acceptors (Lipinski definition) is 6. The van der Waals surface area contributed by atoms with Crippen LogP contribution in [0.5, 0.6) is 11.5 Å². The Morgan fingerprint density at radius 2 is 1.85 bits per heavy atom. The lowest BCUT2D eigenvalue weighted by Crippen LogP contribution is -2.50. The molecule has 0 bridgehead atoms. The first-order valence-electron chi connectivity index (χ1n) is 10.9. The molecule has 9 nitrogen and oxygen atoms in total. The van der Waals surface area contributed by atoms with Crippen LogP contribution in [-0.2, 0) is 16.1 Å². The molecule has 0 spiro atoms. The zero-order valence-corrected chi connectivity index (χ0v) is 20.5. The lowest BCUT2D eigenvalue weighted by molar-refractivity contribution is -0.385. The summed E-state index contributed by atoms with van der Waals surface area (Å²) in [5.41, 5.74) is 0.600. The molecule has 0 saturated heterocycles. The second kappa shape index (κ2) is 12.8. The van der Waals surface area contributed by atoms with Gasteiger partial charge in [0.05, 0.1) is 12.0 Å². The highest BCUT2D eigenvalue weighted by molar-refractivity contribution is 6.30. The van der Waals surface area contributed by atoms with Gasteiger partial charge in [-0.25, -0.2) is 0 Å². The number of carbonyl (C=O) groups is 2. The van der Waals surface area contributed by atoms with E-state index in [0.29, 0.717) is 18.0 Å². The highest BCUT2D eigenvalue weighted by Gasteiger charge is 2.29. The number of nitro groups is 1. The van der Waals surface area contributed by atoms with Crippen molar-refractivity contribution in [3.05, 3.63) is 63.2 Å². The molecule has 34 heavy (non-hydrogen) atoms. The summed E-state index contributed by atoms with van der Waals surface area (Å²) in [7, 11) is 1.31. The Bertz CT molecular complexity index is 997. The SMILES string of the molecule is CCC(C(=O)NCC(C)C)N(Cc1ccc(Cl)cc1)C(=O)COc1ccc([N+](=O)[O-])c(OC)c1. The number of methoxy groups -OCH3 is 1. The predicted octanol–water partition coefficient (Wildman–Crippen LogP) is 4.22. The molecule has 2 amide bonds. The smallest absolute Gasteiger partial charge is 0.311 e. The average Bonchev–Trinajstić information content (AvgIpc) is 2.81. The first-order valence-corrected chi connectivity index (χ1v) is 11.3. The summed E-state index contributed by atoms with van der Waals surface area (Å²) in [5.74, 6) is -0.122. The van der Waals surface area contributed by atoms with Crippen molar-refractivity contribution >= 4 is 29.1 Å². The molecule has 184 valence electrons. The Morgan fingerprint density at radius 3 is 2.41 bits per heavy atom. The molecule has 2 aromatic carbocycles. The van der Waals surface area contributed by atoms with Crippen molar-refractivity contribution in [3.63, 3.8) is 0 Å². The summed E-state index contributed by atoms with van der Waals surface area (Å²) >= 11 is 5.98. The molecule has 2 aromatic rings. The molecule has 1 N–H and O–H groups in total. The summed E-state index contributed by atoms with van der Waals surface area (Å²) < 4.78 is 10.7. The van der Waals surface area contributed by atoms with Gasteiger partial charge in [0.2, 0.25) is 11.7 Å². The molecule has 0 aromatic heterocycles. The quantitative estimate of drug-likeness (QED) is 0.351. The van der Waals surface area contributed by atoms with Gasteiger partial charge in [0.15, 0.2) is 6.61 Å². The maximum absolute atomic E-state index is 13.2. The first kappa shape index (κ1) is 26.9. The summed E-state index contributed by atoms with van der Waals surface area (Å²) in [4.78, 5) is 38.1. The minimum atomic E-state index is -0.697. The maximum Gasteiger partial charge on any atom is 0.311 e. The fourth-order valence-electron chi connectivity index (χ4n) is 3.26. The fourth-order valence-corrected chi connectivity index (χ4v) is 3.38. The van der Waals surface area contributed by atoms with Crippen LogP contribution in [0, 0.1) is 16.0 Å². The largest absolute Gasteiger partial charge is 0.490 e. The molecule has 0 heterocycles. The van der Waals surface area contributed by atoms with Gasteiger partial charge >= 0.3 is 5.69 Å². The normalized spacial score (nSPS) is 11.6. The van der Waals surface area contributed by atoms with Gasteiger partial charge < -0.3 is 19.7 Å². The molecule has 0 aliphatic heterocycles. The van der Waals surface area contributed by atoms with Gasteiger partial charge in [0, 0.05) is 30.2 Å². The molecule has 1 atom stereocenters. The van der Waals surface area contributed by atoms with Gasteiger partial charge in [-0.05, 0) is 36.1 Å². The number of amides is 2. The van der Waals surface area contributed by atoms with Crippen LogP contribution in [0.4, 0.5) is 5.69 Å². The molecule has 0 radical (unpaired) electrons. The summed E-state index contributed by atoms with van der Waals surface area (Å²) in [6.07, 6.45) is 0.411. The number of nitro benzene ring substituents is 1. The summed E-state index contributed by atoms with van der Waals surface area (Å²) in [5, 5.41) is 14.5. The zero-order valence-electron chi connectivity index (χ0n) is 19.7. The van der Waals surface area contributed by atoms with Crippen molar-refractivity contribution in [3.8, 4) is 11.5 Å². The van der Waals surface area contributed by atoms with E-state index in [1.54, 1.807) is 24.3 Å². The predicted molar refractivity (Wildman–Crippen MR) is 129 cm³/mol. The number of hydrogen-bond donors (Lipinski definition) is 1. The second-order valence-corrected chi connectivity index (χ2v) is 8.53. The van der Waals surface area contributed by atoms with E-state index in [1.807, 2.05) is 20.8 Å². The lowest BCUT2D eigenvalue weighted by atomic mass is 10.1. The number of carbonyl (C=O) groups excluding carboxylic acids is 2. The monoisotopic (exact) mass is 491 g/mol. The van der Waals surface area contributed by atoms with Crippen LogP contribution >= 0.6 is 11.6 Å². The van der Waals surface area contributed by atoms with Crippen molar-refractivity contribution < 1.29 is 24.0 Å². The van der Waals surface area contributed by atoms with Crippen LogP contribution in [0.15, 0.2) is 42.5 Å². The molecule has 0 saturated carbocycles. The third-order valence-electron chi connectivity index (χ3n) is 5.05. The van der Waals surface area contributed by atoms with E-state index in [9.17, 15) is 19.7 Å². The topological polar surface area (TPSA) is 111 Å². The Kier molecular flexibility index (Phi) is 10.1. The van der Waals surface area contributed by atoms with E-state index < -0.39 is 16.9 Å². The molecule has 10 heteroatoms. The van der Waals surface area contributed by atoms with E-state index in [4.69, 9.17) is 21.1 Å². The third-order valence-corrected chi connectivity index (χ3v) is 5.30. The Morgan fingerprint density at radius 1 is 1.18 bits per heavy atom. The molecule has 0 fully saturated rings. The van der Waals surface area contributed by atoms with E-state index in [2.05, 4.69) is 5.32 Å². The van der Waals surface area contributed by atoms with E-state index >= 15 is 0 Å². The number of benzene rings is 2. The molecular weight excluding hydrogens is 462 g/mol. The van der Waals surface area contributed by atoms with Crippen molar-refractivity contribution in [1.82, 2.24) is 10.2 Å². The fraction of sp³-hybridized carbons (Fsp3) is 0.417. The standard InChI is InChI=1S/C24H30ClN3O6/c1-5-20(24(30)26-13-16(2)3)27(14-17-6-8-18(25)9-7-17)23(29)15-34-19-10-11-21(28(31)32)22(12-19)33-4/h6-12,16,20H,5,13-15H2,1-4H3,(H,26,30). The minimum Gasteiger partial charge on any atom is -0.490 e. The average molecular weight is 492 g/mol. The molecule has 0 aliphatic rings. The van der Waals surface area contributed by atoms with E-state index in [-0.39, 0.29) is 42.2 Å². The van der Waals surface area contributed by atoms with Gasteiger partial charge in [-0.2, -0.15) is 0 Å². The molecular formula is C24H30ClN3O6. The van der Waals surface area contributed by atoms with Gasteiger partial charge in [0.1, 0.15) is 11.8 Å². The van der Waals surface area contributed by atoms with Gasteiger partial charge in [-0.1, -0.05) is 44.5 Å². The van der Waals surface area contributed by atoms with Crippen LogP contribution in [-0.4, -0.2) is 47.9 Å². The maximum atomic E-state index is 13.2. The van der Waals surface area contributed by atoms with Gasteiger partial charge in [-0.15, -0.1) is 0 Å². The number of nitrogens with one attached hydrogen (secondary N) is 1. The minimum absolute atomic E-state index is 0.0208. The molecule has 1 unspecified atom stereocenters. The zero-order chi connectivity index (χ0) is 25.3. The summed E-state index contributed by atoms with van der Waals surface area (Å²) in [6.45, 7) is 6.15. The number of halogens is 1. The van der Waals surface area contributed by atoms with Crippen LogP contribution in [0.25, 0.3) is 0 Å².